The van der Waals surface area contributed by atoms with E-state index in [1.807, 2.05) is 68.4 Å². The molecule has 0 spiro atoms. The summed E-state index contributed by atoms with van der Waals surface area (Å²) in [6.45, 7) is 3.77. The van der Waals surface area contributed by atoms with Gasteiger partial charge in [-0.1, -0.05) is 84.4 Å². The van der Waals surface area contributed by atoms with Gasteiger partial charge < -0.3 is 10.2 Å². The first kappa shape index (κ1) is 30.8. The zero-order valence-corrected chi connectivity index (χ0v) is 25.2. The summed E-state index contributed by atoms with van der Waals surface area (Å²) in [6.07, 6.45) is 0.263. The predicted octanol–water partition coefficient (Wildman–Crippen LogP) is 5.62. The summed E-state index contributed by atoms with van der Waals surface area (Å²) in [6, 6.07) is 30.5. The Balaban J connectivity index is 1.78. The van der Waals surface area contributed by atoms with E-state index >= 15 is 0 Å². The topological polar surface area (TPSA) is 86.8 Å². The Kier molecular flexibility index (Phi) is 10.4. The van der Waals surface area contributed by atoms with Gasteiger partial charge >= 0.3 is 0 Å². The minimum atomic E-state index is -4.17. The van der Waals surface area contributed by atoms with E-state index in [-0.39, 0.29) is 23.8 Å². The van der Waals surface area contributed by atoms with Crippen LogP contribution in [0.15, 0.2) is 114 Å². The molecular formula is C33H34ClN3O4S. The van der Waals surface area contributed by atoms with E-state index in [0.29, 0.717) is 17.3 Å². The molecule has 1 atom stereocenters. The molecule has 4 aromatic carbocycles. The van der Waals surface area contributed by atoms with Gasteiger partial charge in [-0.3, -0.25) is 13.9 Å². The highest BCUT2D eigenvalue weighted by atomic mass is 35.5. The van der Waals surface area contributed by atoms with Crippen molar-refractivity contribution in [1.29, 1.82) is 0 Å². The minimum Gasteiger partial charge on any atom is -0.355 e. The van der Waals surface area contributed by atoms with E-state index in [4.69, 9.17) is 11.6 Å². The highest BCUT2D eigenvalue weighted by Gasteiger charge is 2.34. The molecule has 2 amide bonds. The molecule has 42 heavy (non-hydrogen) atoms. The van der Waals surface area contributed by atoms with E-state index in [0.717, 1.165) is 21.0 Å². The summed E-state index contributed by atoms with van der Waals surface area (Å²) in [4.78, 5) is 29.4. The van der Waals surface area contributed by atoms with Crippen molar-refractivity contribution in [2.75, 3.05) is 17.4 Å². The highest BCUT2D eigenvalue weighted by molar-refractivity contribution is 7.92. The average Bonchev–Trinajstić information content (AvgIpc) is 2.99. The molecule has 0 bridgehead atoms. The Morgan fingerprint density at radius 1 is 0.833 bits per heavy atom. The summed E-state index contributed by atoms with van der Waals surface area (Å²) >= 11 is 6.02. The number of hydrogen-bond donors (Lipinski definition) is 1. The molecule has 0 radical (unpaired) electrons. The standard InChI is InChI=1S/C33H34ClN3O4S/c1-3-35-33(39)31(22-26-13-6-4-7-14-26)36(23-27-15-11-10-12-25(27)2)32(38)24-37(29-16-8-5-9-17-29)42(40,41)30-20-18-28(34)19-21-30/h4-21,31H,3,22-24H2,1-2H3,(H,35,39). The average molecular weight is 604 g/mol. The maximum atomic E-state index is 14.3. The van der Waals surface area contributed by atoms with Gasteiger partial charge in [0, 0.05) is 24.5 Å². The number of amides is 2. The van der Waals surface area contributed by atoms with Crippen LogP contribution >= 0.6 is 11.6 Å². The first-order chi connectivity index (χ1) is 20.2. The van der Waals surface area contributed by atoms with Gasteiger partial charge in [-0.15, -0.1) is 0 Å². The van der Waals surface area contributed by atoms with Crippen molar-refractivity contribution in [3.05, 3.63) is 131 Å². The number of likely N-dealkylation sites (N-methyl/N-ethyl adjacent to an activating group) is 1. The van der Waals surface area contributed by atoms with Crippen LogP contribution in [0.5, 0.6) is 0 Å². The molecule has 1 N–H and O–H groups in total. The van der Waals surface area contributed by atoms with Crippen molar-refractivity contribution in [2.24, 2.45) is 0 Å². The van der Waals surface area contributed by atoms with E-state index in [1.165, 1.54) is 29.2 Å². The van der Waals surface area contributed by atoms with Gasteiger partial charge in [0.2, 0.25) is 11.8 Å². The first-order valence-electron chi connectivity index (χ1n) is 13.7. The molecule has 9 heteroatoms. The third kappa shape index (κ3) is 7.57. The van der Waals surface area contributed by atoms with Crippen molar-refractivity contribution in [3.8, 4) is 0 Å². The van der Waals surface area contributed by atoms with E-state index in [1.54, 1.807) is 30.3 Å². The largest absolute Gasteiger partial charge is 0.355 e. The number of nitrogens with zero attached hydrogens (tertiary/aromatic N) is 2. The summed E-state index contributed by atoms with van der Waals surface area (Å²) in [7, 11) is -4.17. The van der Waals surface area contributed by atoms with Crippen molar-refractivity contribution < 1.29 is 18.0 Å². The molecule has 0 saturated heterocycles. The molecule has 0 heterocycles. The van der Waals surface area contributed by atoms with Gasteiger partial charge in [0.1, 0.15) is 12.6 Å². The van der Waals surface area contributed by atoms with Crippen LogP contribution in [0, 0.1) is 6.92 Å². The molecule has 7 nitrogen and oxygen atoms in total. The molecule has 0 aliphatic carbocycles. The number of benzene rings is 4. The molecule has 0 fully saturated rings. The van der Waals surface area contributed by atoms with Gasteiger partial charge in [0.25, 0.3) is 10.0 Å². The Morgan fingerprint density at radius 2 is 1.43 bits per heavy atom. The van der Waals surface area contributed by atoms with Gasteiger partial charge in [-0.05, 0) is 66.9 Å². The molecule has 1 unspecified atom stereocenters. The predicted molar refractivity (Wildman–Crippen MR) is 167 cm³/mol. The van der Waals surface area contributed by atoms with Crippen LogP contribution in [-0.2, 0) is 32.6 Å². The van der Waals surface area contributed by atoms with Crippen LogP contribution in [0.2, 0.25) is 5.02 Å². The van der Waals surface area contributed by atoms with Gasteiger partial charge in [-0.25, -0.2) is 8.42 Å². The second-order valence-electron chi connectivity index (χ2n) is 9.85. The van der Waals surface area contributed by atoms with Crippen molar-refractivity contribution in [3.63, 3.8) is 0 Å². The van der Waals surface area contributed by atoms with E-state index in [9.17, 15) is 18.0 Å². The normalized spacial score (nSPS) is 11.9. The third-order valence-electron chi connectivity index (χ3n) is 6.95. The maximum absolute atomic E-state index is 14.3. The molecule has 4 rings (SSSR count). The minimum absolute atomic E-state index is 0.00133. The Bertz CT molecular complexity index is 1600. The van der Waals surface area contributed by atoms with E-state index in [2.05, 4.69) is 5.32 Å². The van der Waals surface area contributed by atoms with Gasteiger partial charge in [0.15, 0.2) is 0 Å². The zero-order chi connectivity index (χ0) is 30.1. The van der Waals surface area contributed by atoms with Crippen LogP contribution < -0.4 is 9.62 Å². The van der Waals surface area contributed by atoms with Crippen molar-refractivity contribution in [1.82, 2.24) is 10.2 Å². The number of rotatable bonds is 12. The molecule has 0 aliphatic rings. The fraction of sp³-hybridized carbons (Fsp3) is 0.212. The summed E-state index contributed by atoms with van der Waals surface area (Å²) in [5, 5.41) is 3.27. The lowest BCUT2D eigenvalue weighted by molar-refractivity contribution is -0.140. The lowest BCUT2D eigenvalue weighted by atomic mass is 10.0. The van der Waals surface area contributed by atoms with Crippen LogP contribution in [-0.4, -0.2) is 44.3 Å². The first-order valence-corrected chi connectivity index (χ1v) is 15.5. The highest BCUT2D eigenvalue weighted by Crippen LogP contribution is 2.26. The quantitative estimate of drug-likeness (QED) is 0.228. The SMILES string of the molecule is CCNC(=O)C(Cc1ccccc1)N(Cc1ccccc1C)C(=O)CN(c1ccccc1)S(=O)(=O)c1ccc(Cl)cc1. The number of sulfonamides is 1. The number of anilines is 1. The number of aryl methyl sites for hydroxylation is 1. The number of hydrogen-bond acceptors (Lipinski definition) is 4. The van der Waals surface area contributed by atoms with Crippen LogP contribution in [0.1, 0.15) is 23.6 Å². The maximum Gasteiger partial charge on any atom is 0.264 e. The molecular weight excluding hydrogens is 570 g/mol. The Labute approximate surface area is 252 Å². The van der Waals surface area contributed by atoms with Gasteiger partial charge in [-0.2, -0.15) is 0 Å². The number of nitrogens with one attached hydrogen (secondary N) is 1. The zero-order valence-electron chi connectivity index (χ0n) is 23.6. The van der Waals surface area contributed by atoms with E-state index < -0.39 is 28.5 Å². The Morgan fingerprint density at radius 3 is 2.05 bits per heavy atom. The monoisotopic (exact) mass is 603 g/mol. The molecule has 218 valence electrons. The molecule has 0 saturated carbocycles. The number of para-hydroxylation sites is 1. The number of halogens is 1. The second kappa shape index (κ2) is 14.2. The number of carbonyl (C=O) groups is 2. The molecule has 0 aromatic heterocycles. The third-order valence-corrected chi connectivity index (χ3v) is 8.99. The fourth-order valence-corrected chi connectivity index (χ4v) is 6.21. The summed E-state index contributed by atoms with van der Waals surface area (Å²) < 4.78 is 29.0. The summed E-state index contributed by atoms with van der Waals surface area (Å²) in [5.74, 6) is -0.818. The second-order valence-corrected chi connectivity index (χ2v) is 12.1. The van der Waals surface area contributed by atoms with Gasteiger partial charge in [0.05, 0.1) is 10.6 Å². The fourth-order valence-electron chi connectivity index (χ4n) is 4.67. The van der Waals surface area contributed by atoms with Crippen molar-refractivity contribution in [2.45, 2.75) is 37.8 Å². The smallest absolute Gasteiger partial charge is 0.264 e. The van der Waals surface area contributed by atoms with Crippen molar-refractivity contribution >= 4 is 39.1 Å². The Hall–Kier alpha value is -4.14. The molecule has 4 aromatic rings. The summed E-state index contributed by atoms with van der Waals surface area (Å²) in [5.41, 5.74) is 3.03. The van der Waals surface area contributed by atoms with Crippen LogP contribution in [0.3, 0.4) is 0 Å². The lowest BCUT2D eigenvalue weighted by Crippen LogP contribution is -2.53. The molecule has 0 aliphatic heterocycles. The van der Waals surface area contributed by atoms with Crippen LogP contribution in [0.25, 0.3) is 0 Å². The number of carbonyl (C=O) groups excluding carboxylic acids is 2. The van der Waals surface area contributed by atoms with Crippen LogP contribution in [0.4, 0.5) is 5.69 Å². The lowest BCUT2D eigenvalue weighted by Gasteiger charge is -2.34.